The molecule has 0 amide bonds. The molecule has 202 valence electrons. The van der Waals surface area contributed by atoms with Gasteiger partial charge in [-0.1, -0.05) is 44.1 Å². The predicted octanol–water partition coefficient (Wildman–Crippen LogP) is 6.95. The average Bonchev–Trinajstić information content (AvgIpc) is 2.80. The van der Waals surface area contributed by atoms with Crippen LogP contribution >= 0.6 is 0 Å². The van der Waals surface area contributed by atoms with Gasteiger partial charge >= 0.3 is 0 Å². The summed E-state index contributed by atoms with van der Waals surface area (Å²) in [5.41, 5.74) is 2.84. The molecule has 0 radical (unpaired) electrons. The number of hydrogen-bond donors (Lipinski definition) is 3. The van der Waals surface area contributed by atoms with Crippen LogP contribution in [0.1, 0.15) is 106 Å². The number of aliphatic hydroxyl groups excluding tert-OH is 2. The van der Waals surface area contributed by atoms with Crippen molar-refractivity contribution in [1.29, 1.82) is 0 Å². The van der Waals surface area contributed by atoms with Gasteiger partial charge in [-0.15, -0.1) is 0 Å². The van der Waals surface area contributed by atoms with Crippen LogP contribution in [0.25, 0.3) is 0 Å². The molecule has 0 aromatic carbocycles. The van der Waals surface area contributed by atoms with Gasteiger partial charge in [-0.05, 0) is 114 Å². The second-order valence-corrected chi connectivity index (χ2v) is 12.4. The van der Waals surface area contributed by atoms with E-state index in [4.69, 9.17) is 4.74 Å². The van der Waals surface area contributed by atoms with Gasteiger partial charge in [0.2, 0.25) is 0 Å². The summed E-state index contributed by atoms with van der Waals surface area (Å²) in [5, 5.41) is 31.9. The van der Waals surface area contributed by atoms with Crippen LogP contribution in [-0.2, 0) is 4.74 Å². The van der Waals surface area contributed by atoms with Crippen molar-refractivity contribution in [1.82, 2.24) is 0 Å². The molecule has 0 aromatic heterocycles. The first kappa shape index (κ1) is 30.1. The van der Waals surface area contributed by atoms with E-state index in [0.29, 0.717) is 30.1 Å². The van der Waals surface area contributed by atoms with Crippen molar-refractivity contribution >= 4 is 0 Å². The molecule has 35 heavy (non-hydrogen) atoms. The third kappa shape index (κ3) is 6.43. The molecule has 0 unspecified atom stereocenters. The van der Waals surface area contributed by atoms with Gasteiger partial charge in [0, 0.05) is 12.0 Å². The Morgan fingerprint density at radius 2 is 1.83 bits per heavy atom. The van der Waals surface area contributed by atoms with E-state index in [2.05, 4.69) is 46.8 Å². The topological polar surface area (TPSA) is 69.9 Å². The molecule has 0 bridgehead atoms. The smallest absolute Gasteiger partial charge is 0.0919 e. The minimum Gasteiger partial charge on any atom is -0.501 e. The molecule has 0 spiro atoms. The predicted molar refractivity (Wildman–Crippen MR) is 146 cm³/mol. The van der Waals surface area contributed by atoms with Crippen molar-refractivity contribution in [3.05, 3.63) is 34.6 Å². The van der Waals surface area contributed by atoms with Gasteiger partial charge in [0.15, 0.2) is 0 Å². The van der Waals surface area contributed by atoms with Gasteiger partial charge in [-0.2, -0.15) is 0 Å². The van der Waals surface area contributed by atoms with Gasteiger partial charge in [-0.3, -0.25) is 0 Å². The van der Waals surface area contributed by atoms with E-state index >= 15 is 0 Å². The molecule has 2 aliphatic carbocycles. The van der Waals surface area contributed by atoms with Gasteiger partial charge in [0.05, 0.1) is 25.1 Å². The van der Waals surface area contributed by atoms with Crippen molar-refractivity contribution in [2.75, 3.05) is 20.3 Å². The molecule has 3 N–H and O–H groups in total. The molecule has 1 saturated carbocycles. The van der Waals surface area contributed by atoms with E-state index in [0.717, 1.165) is 37.9 Å². The third-order valence-corrected chi connectivity index (χ3v) is 10.2. The van der Waals surface area contributed by atoms with Crippen LogP contribution in [0, 0.1) is 28.6 Å². The van der Waals surface area contributed by atoms with E-state index in [1.165, 1.54) is 29.6 Å². The maximum atomic E-state index is 11.6. The van der Waals surface area contributed by atoms with Crippen LogP contribution in [0.3, 0.4) is 0 Å². The molecule has 1 fully saturated rings. The Morgan fingerprint density at radius 1 is 1.14 bits per heavy atom. The van der Waals surface area contributed by atoms with E-state index in [1.54, 1.807) is 7.11 Å². The van der Waals surface area contributed by atoms with Crippen LogP contribution in [-0.4, -0.2) is 41.2 Å². The van der Waals surface area contributed by atoms with E-state index in [1.807, 2.05) is 13.8 Å². The number of hydrogen-bond acceptors (Lipinski definition) is 4. The summed E-state index contributed by atoms with van der Waals surface area (Å²) in [7, 11) is 1.69. The van der Waals surface area contributed by atoms with Gasteiger partial charge in [0.25, 0.3) is 0 Å². The molecule has 0 aromatic rings. The molecule has 0 aliphatic heterocycles. The van der Waals surface area contributed by atoms with Crippen molar-refractivity contribution in [3.63, 3.8) is 0 Å². The van der Waals surface area contributed by atoms with Crippen LogP contribution in [0.4, 0.5) is 0 Å². The summed E-state index contributed by atoms with van der Waals surface area (Å²) in [6.07, 6.45) is 12.5. The molecular weight excluding hydrogens is 436 g/mol. The maximum absolute atomic E-state index is 11.6. The summed E-state index contributed by atoms with van der Waals surface area (Å²) >= 11 is 0. The summed E-state index contributed by atoms with van der Waals surface area (Å²) in [4.78, 5) is 0. The summed E-state index contributed by atoms with van der Waals surface area (Å²) in [6.45, 7) is 15.7. The fourth-order valence-corrected chi connectivity index (χ4v) is 7.00. The van der Waals surface area contributed by atoms with Crippen molar-refractivity contribution in [3.8, 4) is 0 Å². The summed E-state index contributed by atoms with van der Waals surface area (Å²) in [5.74, 6) is 2.20. The quantitative estimate of drug-likeness (QED) is 0.216. The lowest BCUT2D eigenvalue weighted by molar-refractivity contribution is -0.147. The van der Waals surface area contributed by atoms with Gasteiger partial charge in [-0.25, -0.2) is 0 Å². The minimum atomic E-state index is -0.967. The first-order valence-electron chi connectivity index (χ1n) is 13.9. The Labute approximate surface area is 215 Å². The van der Waals surface area contributed by atoms with E-state index in [9.17, 15) is 15.3 Å². The van der Waals surface area contributed by atoms with Crippen LogP contribution in [0.2, 0.25) is 0 Å². The SMILES string of the molecule is CO/C(C)=C1/CC[C@](C)(O)[C@@](CO)(CC/C=C(\C)CC[C@@H]2C(C)=CC[C@H](C)C2(C)C)[C@@H]1CCCO. The highest BCUT2D eigenvalue weighted by Crippen LogP contribution is 2.55. The van der Waals surface area contributed by atoms with Crippen molar-refractivity contribution in [2.24, 2.45) is 28.6 Å². The van der Waals surface area contributed by atoms with Gasteiger partial charge < -0.3 is 20.1 Å². The normalized spacial score (nSPS) is 35.0. The molecule has 4 nitrogen and oxygen atoms in total. The Bertz CT molecular complexity index is 788. The number of methoxy groups -OCH3 is 1. The zero-order chi connectivity index (χ0) is 26.4. The highest BCUT2D eigenvalue weighted by Gasteiger charge is 2.55. The Balaban J connectivity index is 2.19. The number of rotatable bonds is 11. The zero-order valence-corrected chi connectivity index (χ0v) is 23.9. The van der Waals surface area contributed by atoms with Crippen LogP contribution in [0.15, 0.2) is 34.6 Å². The second-order valence-electron chi connectivity index (χ2n) is 12.4. The van der Waals surface area contributed by atoms with Crippen molar-refractivity contribution < 1.29 is 20.1 Å². The average molecular weight is 491 g/mol. The number of aliphatic hydroxyl groups is 3. The maximum Gasteiger partial charge on any atom is 0.0919 e. The molecule has 5 atom stereocenters. The van der Waals surface area contributed by atoms with E-state index in [-0.39, 0.29) is 19.1 Å². The van der Waals surface area contributed by atoms with Crippen LogP contribution in [0.5, 0.6) is 0 Å². The zero-order valence-electron chi connectivity index (χ0n) is 23.9. The molecule has 4 heteroatoms. The number of allylic oxidation sites excluding steroid dienone is 6. The highest BCUT2D eigenvalue weighted by atomic mass is 16.5. The molecular formula is C31H54O4. The Kier molecular flexibility index (Phi) is 10.7. The first-order chi connectivity index (χ1) is 16.4. The summed E-state index contributed by atoms with van der Waals surface area (Å²) < 4.78 is 5.61. The standard InChI is InChI=1S/C31H54O4/c1-22(13-16-27-23(2)14-15-24(3)29(27,5)6)11-9-18-31(21-33)28(12-10-20-32)26(25(4)35-8)17-19-30(31,7)34/h11,14,24,27-28,32-34H,9-10,12-13,15-21H2,1-8H3/b22-11+,26-25-/t24-,27+,28+,30-,31+/m0/s1. The Morgan fingerprint density at radius 3 is 2.43 bits per heavy atom. The summed E-state index contributed by atoms with van der Waals surface area (Å²) in [6, 6.07) is 0. The fourth-order valence-electron chi connectivity index (χ4n) is 7.00. The lowest BCUT2D eigenvalue weighted by Crippen LogP contribution is -2.56. The molecule has 0 saturated heterocycles. The third-order valence-electron chi connectivity index (χ3n) is 10.2. The van der Waals surface area contributed by atoms with Gasteiger partial charge in [0.1, 0.15) is 0 Å². The monoisotopic (exact) mass is 490 g/mol. The van der Waals surface area contributed by atoms with Crippen LogP contribution < -0.4 is 0 Å². The molecule has 2 rings (SSSR count). The first-order valence-corrected chi connectivity index (χ1v) is 13.9. The second kappa shape index (κ2) is 12.4. The largest absolute Gasteiger partial charge is 0.501 e. The van der Waals surface area contributed by atoms with E-state index < -0.39 is 11.0 Å². The highest BCUT2D eigenvalue weighted by molar-refractivity contribution is 5.23. The lowest BCUT2D eigenvalue weighted by atomic mass is 9.53. The minimum absolute atomic E-state index is 0.00521. The fraction of sp³-hybridized carbons (Fsp3) is 0.806. The van der Waals surface area contributed by atoms with Crippen molar-refractivity contribution in [2.45, 2.75) is 112 Å². The molecule has 2 aliphatic rings. The lowest BCUT2D eigenvalue weighted by Gasteiger charge is -2.54. The number of ether oxygens (including phenoxy) is 1. The molecule has 0 heterocycles. The Hall–Kier alpha value is -1.10.